The van der Waals surface area contributed by atoms with Crippen molar-refractivity contribution in [2.24, 2.45) is 0 Å². The molecule has 4 nitrogen and oxygen atoms in total. The molecule has 0 aliphatic heterocycles. The maximum atomic E-state index is 14.8. The number of hydrogen-bond donors (Lipinski definition) is 1. The molecule has 1 amide bonds. The number of rotatable bonds is 8. The monoisotopic (exact) mass is 657 g/mol. The molecule has 2 aromatic carbocycles. The Kier molecular flexibility index (Phi) is 10.1. The van der Waals surface area contributed by atoms with Gasteiger partial charge in [-0.2, -0.15) is 26.3 Å². The van der Waals surface area contributed by atoms with Crippen LogP contribution in [-0.2, 0) is 9.84 Å². The summed E-state index contributed by atoms with van der Waals surface area (Å²) < 4.78 is 116. The van der Waals surface area contributed by atoms with E-state index in [1.54, 1.807) is 0 Å². The standard InChI is InChI=1S/C22H17BrCl2F7NO3S/c1-11(9-37(35,36)10-21(27,28)29)33-20(34)14-4-2-13(6-16(14)23)19(26)8-15(22(30,31)32)12-3-5-17(24)18(25)7-12/h2-8,11,15H,9-10H2,1H3,(H,33,34)/b19-8-. The van der Waals surface area contributed by atoms with Crippen LogP contribution >= 0.6 is 39.1 Å². The summed E-state index contributed by atoms with van der Waals surface area (Å²) in [4.78, 5) is 12.4. The summed E-state index contributed by atoms with van der Waals surface area (Å²) in [5.41, 5.74) is -0.839. The fourth-order valence-corrected chi connectivity index (χ4v) is 5.54. The Morgan fingerprint density at radius 1 is 1.05 bits per heavy atom. The average molecular weight is 659 g/mol. The Morgan fingerprint density at radius 3 is 2.19 bits per heavy atom. The van der Waals surface area contributed by atoms with Crippen LogP contribution in [0.4, 0.5) is 30.7 Å². The van der Waals surface area contributed by atoms with E-state index in [9.17, 15) is 43.9 Å². The number of sulfone groups is 1. The largest absolute Gasteiger partial charge is 0.402 e. The number of halogens is 10. The van der Waals surface area contributed by atoms with E-state index < -0.39 is 57.4 Å². The second-order valence-electron chi connectivity index (χ2n) is 7.95. The Labute approximate surface area is 225 Å². The Hall–Kier alpha value is -1.83. The highest BCUT2D eigenvalue weighted by Gasteiger charge is 2.40. The van der Waals surface area contributed by atoms with Crippen LogP contribution in [0.2, 0.25) is 10.0 Å². The van der Waals surface area contributed by atoms with Crippen molar-refractivity contribution in [3.05, 3.63) is 73.7 Å². The molecule has 204 valence electrons. The number of nitrogens with one attached hydrogen (secondary N) is 1. The highest BCUT2D eigenvalue weighted by molar-refractivity contribution is 9.10. The van der Waals surface area contributed by atoms with E-state index in [-0.39, 0.29) is 31.2 Å². The molecule has 2 aromatic rings. The van der Waals surface area contributed by atoms with Crippen LogP contribution in [-0.4, -0.2) is 44.2 Å². The molecule has 1 N–H and O–H groups in total. The predicted octanol–water partition coefficient (Wildman–Crippen LogP) is 7.51. The normalized spacial score (nSPS) is 14.8. The molecule has 2 rings (SSSR count). The summed E-state index contributed by atoms with van der Waals surface area (Å²) in [6, 6.07) is 5.04. The molecule has 15 heteroatoms. The van der Waals surface area contributed by atoms with Gasteiger partial charge < -0.3 is 5.32 Å². The van der Waals surface area contributed by atoms with Crippen LogP contribution < -0.4 is 5.32 Å². The van der Waals surface area contributed by atoms with Crippen LogP contribution in [0.1, 0.15) is 34.3 Å². The topological polar surface area (TPSA) is 63.2 Å². The molecule has 0 aliphatic rings. The lowest BCUT2D eigenvalue weighted by Crippen LogP contribution is -2.39. The zero-order valence-electron chi connectivity index (χ0n) is 18.5. The van der Waals surface area contributed by atoms with E-state index in [0.717, 1.165) is 36.4 Å². The molecule has 2 unspecified atom stereocenters. The molecule has 0 radical (unpaired) electrons. The molecule has 2 atom stereocenters. The molecule has 0 bridgehead atoms. The molecule has 37 heavy (non-hydrogen) atoms. The Balaban J connectivity index is 2.25. The fourth-order valence-electron chi connectivity index (χ4n) is 3.21. The van der Waals surface area contributed by atoms with Gasteiger partial charge in [0, 0.05) is 16.1 Å². The van der Waals surface area contributed by atoms with Crippen molar-refractivity contribution in [2.75, 3.05) is 11.5 Å². The number of hydrogen-bond acceptors (Lipinski definition) is 3. The molecule has 0 saturated carbocycles. The quantitative estimate of drug-likeness (QED) is 0.299. The van der Waals surface area contributed by atoms with Crippen molar-refractivity contribution < 1.29 is 43.9 Å². The van der Waals surface area contributed by atoms with E-state index in [0.29, 0.717) is 6.08 Å². The smallest absolute Gasteiger partial charge is 0.349 e. The van der Waals surface area contributed by atoms with Gasteiger partial charge in [0.2, 0.25) is 0 Å². The third-order valence-electron chi connectivity index (χ3n) is 4.72. The molecule has 0 aliphatic carbocycles. The summed E-state index contributed by atoms with van der Waals surface area (Å²) >= 11 is 14.5. The summed E-state index contributed by atoms with van der Waals surface area (Å²) in [7, 11) is -4.56. The van der Waals surface area contributed by atoms with Crippen molar-refractivity contribution in [3.8, 4) is 0 Å². The minimum absolute atomic E-state index is 0.0147. The first-order valence-electron chi connectivity index (χ1n) is 10.1. The van der Waals surface area contributed by atoms with Gasteiger partial charge in [0.15, 0.2) is 9.84 Å². The van der Waals surface area contributed by atoms with Crippen LogP contribution in [0.5, 0.6) is 0 Å². The third kappa shape index (κ3) is 9.45. The van der Waals surface area contributed by atoms with E-state index in [1.807, 2.05) is 0 Å². The second-order valence-corrected chi connectivity index (χ2v) is 11.7. The van der Waals surface area contributed by atoms with E-state index in [2.05, 4.69) is 21.2 Å². The molecular weight excluding hydrogens is 642 g/mol. The van der Waals surface area contributed by atoms with E-state index >= 15 is 0 Å². The van der Waals surface area contributed by atoms with E-state index in [1.165, 1.54) is 6.92 Å². The highest BCUT2D eigenvalue weighted by Crippen LogP contribution is 2.40. The van der Waals surface area contributed by atoms with Gasteiger partial charge in [0.1, 0.15) is 17.5 Å². The number of benzene rings is 2. The molecule has 0 spiro atoms. The van der Waals surface area contributed by atoms with Gasteiger partial charge in [0.25, 0.3) is 5.91 Å². The van der Waals surface area contributed by atoms with Gasteiger partial charge in [-0.3, -0.25) is 4.79 Å². The fraction of sp³-hybridized carbons (Fsp3) is 0.318. The first kappa shape index (κ1) is 31.4. The van der Waals surface area contributed by atoms with Crippen molar-refractivity contribution in [1.82, 2.24) is 5.32 Å². The summed E-state index contributed by atoms with van der Waals surface area (Å²) in [5, 5.41) is 2.08. The van der Waals surface area contributed by atoms with Crippen molar-refractivity contribution in [1.29, 1.82) is 0 Å². The van der Waals surface area contributed by atoms with Gasteiger partial charge in [-0.1, -0.05) is 35.3 Å². The number of alkyl halides is 6. The second kappa shape index (κ2) is 11.9. The maximum Gasteiger partial charge on any atom is 0.402 e. The van der Waals surface area contributed by atoms with Gasteiger partial charge in [-0.05, 0) is 58.8 Å². The average Bonchev–Trinajstić information content (AvgIpc) is 2.70. The van der Waals surface area contributed by atoms with E-state index in [4.69, 9.17) is 23.2 Å². The third-order valence-corrected chi connectivity index (χ3v) is 7.89. The minimum Gasteiger partial charge on any atom is -0.349 e. The lowest BCUT2D eigenvalue weighted by Gasteiger charge is -2.18. The van der Waals surface area contributed by atoms with Gasteiger partial charge in [0.05, 0.1) is 21.4 Å². The Morgan fingerprint density at radius 2 is 1.68 bits per heavy atom. The number of amides is 1. The first-order chi connectivity index (χ1) is 16.8. The molecule has 0 heterocycles. The van der Waals surface area contributed by atoms with Gasteiger partial charge >= 0.3 is 12.4 Å². The molecule has 0 aromatic heterocycles. The lowest BCUT2D eigenvalue weighted by molar-refractivity contribution is -0.139. The summed E-state index contributed by atoms with van der Waals surface area (Å²) in [6.45, 7) is 1.18. The van der Waals surface area contributed by atoms with Crippen LogP contribution in [0.25, 0.3) is 5.83 Å². The van der Waals surface area contributed by atoms with Crippen molar-refractivity contribution in [3.63, 3.8) is 0 Å². The minimum atomic E-state index is -4.94. The van der Waals surface area contributed by atoms with Crippen molar-refractivity contribution >= 4 is 60.7 Å². The van der Waals surface area contributed by atoms with Crippen LogP contribution in [0.15, 0.2) is 46.9 Å². The molecule has 0 saturated heterocycles. The van der Waals surface area contributed by atoms with Crippen LogP contribution in [0.3, 0.4) is 0 Å². The predicted molar refractivity (Wildman–Crippen MR) is 130 cm³/mol. The zero-order chi connectivity index (χ0) is 28.3. The molecular formula is C22H17BrCl2F7NO3S. The van der Waals surface area contributed by atoms with Crippen molar-refractivity contribution in [2.45, 2.75) is 31.2 Å². The van der Waals surface area contributed by atoms with Gasteiger partial charge in [-0.25, -0.2) is 12.8 Å². The lowest BCUT2D eigenvalue weighted by atomic mass is 9.96. The number of carbonyl (C=O) groups is 1. The SMILES string of the molecule is CC(CS(=O)(=O)CC(F)(F)F)NC(=O)c1ccc(/C(F)=C/C(c2ccc(Cl)c(Cl)c2)C(F)(F)F)cc1Br. The van der Waals surface area contributed by atoms with Gasteiger partial charge in [-0.15, -0.1) is 0 Å². The highest BCUT2D eigenvalue weighted by atomic mass is 79.9. The number of allylic oxidation sites excluding steroid dienone is 1. The van der Waals surface area contributed by atoms with Crippen LogP contribution in [0, 0.1) is 0 Å². The maximum absolute atomic E-state index is 14.8. The summed E-state index contributed by atoms with van der Waals surface area (Å²) in [6.07, 6.45) is -9.49. The molecule has 0 fully saturated rings. The number of carbonyl (C=O) groups excluding carboxylic acids is 1. The zero-order valence-corrected chi connectivity index (χ0v) is 22.4. The first-order valence-corrected chi connectivity index (χ1v) is 13.4. The summed E-state index contributed by atoms with van der Waals surface area (Å²) in [5.74, 6) is -7.58. The Bertz CT molecular complexity index is 1300.